The van der Waals surface area contributed by atoms with Crippen LogP contribution in [0.4, 0.5) is 5.69 Å². The lowest BCUT2D eigenvalue weighted by Crippen LogP contribution is -3.08. The fourth-order valence-corrected chi connectivity index (χ4v) is 5.06. The van der Waals surface area contributed by atoms with E-state index < -0.39 is 10.0 Å². The van der Waals surface area contributed by atoms with Crippen molar-refractivity contribution in [2.45, 2.75) is 24.3 Å². The Morgan fingerprint density at radius 3 is 2.29 bits per heavy atom. The molecule has 2 N–H and O–H groups in total. The van der Waals surface area contributed by atoms with Gasteiger partial charge < -0.3 is 10.2 Å². The second kappa shape index (κ2) is 9.17. The maximum absolute atomic E-state index is 12.5. The zero-order chi connectivity index (χ0) is 20.1. The van der Waals surface area contributed by atoms with Crippen molar-refractivity contribution in [2.75, 3.05) is 32.0 Å². The summed E-state index contributed by atoms with van der Waals surface area (Å²) in [5, 5.41) is 2.84. The van der Waals surface area contributed by atoms with Crippen molar-refractivity contribution in [1.82, 2.24) is 4.31 Å². The molecule has 1 aliphatic rings. The van der Waals surface area contributed by atoms with Crippen LogP contribution in [0.5, 0.6) is 0 Å². The number of anilines is 1. The molecule has 28 heavy (non-hydrogen) atoms. The maximum Gasteiger partial charge on any atom is 0.279 e. The molecule has 1 fully saturated rings. The van der Waals surface area contributed by atoms with Crippen LogP contribution in [0, 0.1) is 0 Å². The number of likely N-dealkylation sites (N-methyl/N-ethyl adjacent to an activating group) is 1. The minimum absolute atomic E-state index is 0.107. The first-order valence-corrected chi connectivity index (χ1v) is 11.5. The molecule has 0 bridgehead atoms. The fourth-order valence-electron chi connectivity index (χ4n) is 3.28. The van der Waals surface area contributed by atoms with Crippen molar-refractivity contribution in [3.8, 4) is 0 Å². The monoisotopic (exact) mass is 466 g/mol. The highest BCUT2D eigenvalue weighted by Crippen LogP contribution is 2.22. The summed E-state index contributed by atoms with van der Waals surface area (Å²) in [5.41, 5.74) is 1.76. The maximum atomic E-state index is 12.5. The van der Waals surface area contributed by atoms with Crippen LogP contribution in [0.1, 0.15) is 18.4 Å². The summed E-state index contributed by atoms with van der Waals surface area (Å²) in [5.74, 6) is -0.107. The lowest BCUT2D eigenvalue weighted by molar-refractivity contribution is -0.885. The van der Waals surface area contributed by atoms with Crippen molar-refractivity contribution in [3.63, 3.8) is 0 Å². The molecule has 2 aromatic carbocycles. The van der Waals surface area contributed by atoms with Gasteiger partial charge in [0, 0.05) is 28.8 Å². The lowest BCUT2D eigenvalue weighted by atomic mass is 10.2. The van der Waals surface area contributed by atoms with Gasteiger partial charge in [-0.3, -0.25) is 4.79 Å². The van der Waals surface area contributed by atoms with Gasteiger partial charge in [-0.1, -0.05) is 28.1 Å². The molecule has 3 rings (SSSR count). The second-order valence-corrected chi connectivity index (χ2v) is 9.97. The van der Waals surface area contributed by atoms with Crippen LogP contribution in [0.25, 0.3) is 0 Å². The quantitative estimate of drug-likeness (QED) is 0.654. The molecule has 0 spiro atoms. The first-order valence-electron chi connectivity index (χ1n) is 9.30. The number of hydrogen-bond donors (Lipinski definition) is 2. The van der Waals surface area contributed by atoms with E-state index in [4.69, 9.17) is 0 Å². The Balaban J connectivity index is 1.54. The van der Waals surface area contributed by atoms with Crippen molar-refractivity contribution < 1.29 is 18.1 Å². The number of halogens is 1. The number of nitrogens with zero attached hydrogens (tertiary/aromatic N) is 1. The van der Waals surface area contributed by atoms with Gasteiger partial charge in [-0.05, 0) is 49.2 Å². The predicted octanol–water partition coefficient (Wildman–Crippen LogP) is 1.89. The molecule has 1 unspecified atom stereocenters. The topological polar surface area (TPSA) is 70.9 Å². The third kappa shape index (κ3) is 5.41. The van der Waals surface area contributed by atoms with Crippen molar-refractivity contribution in [2.24, 2.45) is 0 Å². The van der Waals surface area contributed by atoms with E-state index in [0.717, 1.165) is 34.3 Å². The number of carbonyl (C=O) groups excluding carboxylic acids is 1. The molecule has 0 aliphatic carbocycles. The average Bonchev–Trinajstić information content (AvgIpc) is 3.19. The lowest BCUT2D eigenvalue weighted by Gasteiger charge is -2.16. The molecular weight excluding hydrogens is 442 g/mol. The standard InChI is InChI=1S/C20H24BrN3O3S/c1-23(14-16-4-6-17(21)7-5-16)15-20(25)22-18-8-10-19(11-9-18)28(26,27)24-12-2-3-13-24/h4-11H,2-3,12-15H2,1H3,(H,22,25)/p+1. The molecular formula is C20H25BrN3O3S+. The Hall–Kier alpha value is -1.74. The largest absolute Gasteiger partial charge is 0.326 e. The van der Waals surface area contributed by atoms with Gasteiger partial charge in [0.25, 0.3) is 5.91 Å². The van der Waals surface area contributed by atoms with E-state index >= 15 is 0 Å². The van der Waals surface area contributed by atoms with E-state index in [1.165, 1.54) is 4.31 Å². The Bertz CT molecular complexity index is 909. The van der Waals surface area contributed by atoms with Gasteiger partial charge in [-0.15, -0.1) is 0 Å². The van der Waals surface area contributed by atoms with Crippen LogP contribution >= 0.6 is 15.9 Å². The van der Waals surface area contributed by atoms with Gasteiger partial charge in [-0.2, -0.15) is 4.31 Å². The first kappa shape index (κ1) is 21.0. The van der Waals surface area contributed by atoms with Crippen LogP contribution in [0.15, 0.2) is 57.9 Å². The molecule has 8 heteroatoms. The molecule has 6 nitrogen and oxygen atoms in total. The molecule has 1 amide bonds. The fraction of sp³-hybridized carbons (Fsp3) is 0.350. The van der Waals surface area contributed by atoms with E-state index in [9.17, 15) is 13.2 Å². The van der Waals surface area contributed by atoms with Gasteiger partial charge in [0.05, 0.1) is 11.9 Å². The van der Waals surface area contributed by atoms with Crippen LogP contribution in [0.2, 0.25) is 0 Å². The first-order chi connectivity index (χ1) is 13.3. The number of benzene rings is 2. The molecule has 2 aromatic rings. The summed E-state index contributed by atoms with van der Waals surface area (Å²) in [7, 11) is -1.46. The van der Waals surface area contributed by atoms with Crippen LogP contribution in [0.3, 0.4) is 0 Å². The predicted molar refractivity (Wildman–Crippen MR) is 113 cm³/mol. The number of amides is 1. The van der Waals surface area contributed by atoms with Crippen LogP contribution in [-0.2, 0) is 21.4 Å². The Labute approximate surface area is 174 Å². The molecule has 1 saturated heterocycles. The van der Waals surface area contributed by atoms with E-state index in [2.05, 4.69) is 21.2 Å². The third-order valence-electron chi connectivity index (χ3n) is 4.72. The molecule has 0 radical (unpaired) electrons. The van der Waals surface area contributed by atoms with E-state index in [0.29, 0.717) is 25.3 Å². The molecule has 0 saturated carbocycles. The molecule has 0 aromatic heterocycles. The summed E-state index contributed by atoms with van der Waals surface area (Å²) < 4.78 is 27.6. The molecule has 1 heterocycles. The van der Waals surface area contributed by atoms with E-state index in [1.807, 2.05) is 31.3 Å². The normalized spacial score (nSPS) is 16.1. The van der Waals surface area contributed by atoms with E-state index in [-0.39, 0.29) is 10.8 Å². The summed E-state index contributed by atoms with van der Waals surface area (Å²) in [6.07, 6.45) is 1.81. The smallest absolute Gasteiger partial charge is 0.279 e. The number of carbonyl (C=O) groups is 1. The minimum atomic E-state index is -3.43. The number of hydrogen-bond acceptors (Lipinski definition) is 3. The molecule has 1 aliphatic heterocycles. The highest BCUT2D eigenvalue weighted by Gasteiger charge is 2.26. The number of nitrogens with one attached hydrogen (secondary N) is 2. The Kier molecular flexibility index (Phi) is 6.87. The third-order valence-corrected chi connectivity index (χ3v) is 7.16. The summed E-state index contributed by atoms with van der Waals surface area (Å²) >= 11 is 3.41. The van der Waals surface area contributed by atoms with Crippen molar-refractivity contribution in [1.29, 1.82) is 0 Å². The Morgan fingerprint density at radius 1 is 1.07 bits per heavy atom. The summed E-state index contributed by atoms with van der Waals surface area (Å²) in [4.78, 5) is 13.6. The number of quaternary nitrogens is 1. The van der Waals surface area contributed by atoms with Crippen LogP contribution in [-0.4, -0.2) is 45.3 Å². The summed E-state index contributed by atoms with van der Waals surface area (Å²) in [6.45, 7) is 2.22. The van der Waals surface area contributed by atoms with Gasteiger partial charge in [0.1, 0.15) is 6.54 Å². The average molecular weight is 467 g/mol. The van der Waals surface area contributed by atoms with Crippen molar-refractivity contribution >= 4 is 37.5 Å². The van der Waals surface area contributed by atoms with Gasteiger partial charge in [0.2, 0.25) is 10.0 Å². The zero-order valence-electron chi connectivity index (χ0n) is 15.8. The van der Waals surface area contributed by atoms with Gasteiger partial charge >= 0.3 is 0 Å². The Morgan fingerprint density at radius 2 is 1.68 bits per heavy atom. The van der Waals surface area contributed by atoms with E-state index in [1.54, 1.807) is 24.3 Å². The SMILES string of the molecule is C[NH+](CC(=O)Nc1ccc(S(=O)(=O)N2CCCC2)cc1)Cc1ccc(Br)cc1. The van der Waals surface area contributed by atoms with Gasteiger partial charge in [0.15, 0.2) is 6.54 Å². The summed E-state index contributed by atoms with van der Waals surface area (Å²) in [6, 6.07) is 14.4. The number of rotatable bonds is 7. The zero-order valence-corrected chi connectivity index (χ0v) is 18.2. The highest BCUT2D eigenvalue weighted by molar-refractivity contribution is 9.10. The van der Waals surface area contributed by atoms with Crippen molar-refractivity contribution in [3.05, 3.63) is 58.6 Å². The highest BCUT2D eigenvalue weighted by atomic mass is 79.9. The minimum Gasteiger partial charge on any atom is -0.326 e. The number of sulfonamides is 1. The van der Waals surface area contributed by atoms with Gasteiger partial charge in [-0.25, -0.2) is 8.42 Å². The second-order valence-electron chi connectivity index (χ2n) is 7.12. The molecule has 150 valence electrons. The van der Waals surface area contributed by atoms with Crippen LogP contribution < -0.4 is 10.2 Å². The molecule has 1 atom stereocenters.